The van der Waals surface area contributed by atoms with Gasteiger partial charge in [-0.05, 0) is 19.1 Å². The van der Waals surface area contributed by atoms with Crippen LogP contribution in [0.1, 0.15) is 27.5 Å². The van der Waals surface area contributed by atoms with E-state index in [0.717, 1.165) is 11.3 Å². The number of amides is 1. The Morgan fingerprint density at radius 3 is 2.87 bits per heavy atom. The van der Waals surface area contributed by atoms with E-state index in [0.29, 0.717) is 23.0 Å². The Bertz CT molecular complexity index is 761. The second kappa shape index (κ2) is 6.08. The van der Waals surface area contributed by atoms with Gasteiger partial charge in [0.25, 0.3) is 5.91 Å². The summed E-state index contributed by atoms with van der Waals surface area (Å²) in [7, 11) is 3.38. The number of carbonyl (C=O) groups is 1. The van der Waals surface area contributed by atoms with E-state index in [1.54, 1.807) is 20.2 Å². The number of aryl methyl sites for hydroxylation is 1. The molecule has 1 aromatic heterocycles. The third-order valence-corrected chi connectivity index (χ3v) is 4.04. The molecule has 3 rings (SSSR count). The zero-order valence-corrected chi connectivity index (χ0v) is 14.0. The number of fused-ring (bicyclic) bond motifs is 1. The predicted octanol–water partition coefficient (Wildman–Crippen LogP) is 3.29. The van der Waals surface area contributed by atoms with Crippen molar-refractivity contribution in [2.45, 2.75) is 13.0 Å². The fraction of sp³-hybridized carbons (Fsp3) is 0.294. The predicted molar refractivity (Wildman–Crippen MR) is 90.3 cm³/mol. The molecule has 2 heterocycles. The van der Waals surface area contributed by atoms with Crippen molar-refractivity contribution in [3.63, 3.8) is 0 Å². The molecule has 0 fully saturated rings. The molecule has 1 aliphatic rings. The van der Waals surface area contributed by atoms with E-state index in [1.165, 1.54) is 16.7 Å². The van der Waals surface area contributed by atoms with Crippen LogP contribution in [0.2, 0.25) is 5.02 Å². The van der Waals surface area contributed by atoms with E-state index in [4.69, 9.17) is 16.3 Å². The average molecular weight is 332 g/mol. The lowest BCUT2D eigenvalue weighted by molar-refractivity contribution is 0.0827. The second-order valence-corrected chi connectivity index (χ2v) is 6.21. The van der Waals surface area contributed by atoms with Gasteiger partial charge in [0.15, 0.2) is 0 Å². The highest BCUT2D eigenvalue weighted by Crippen LogP contribution is 2.36. The first-order chi connectivity index (χ1) is 11.0. The van der Waals surface area contributed by atoms with Crippen LogP contribution >= 0.6 is 11.6 Å². The summed E-state index contributed by atoms with van der Waals surface area (Å²) in [5.74, 6) is 1.30. The number of hydrogen-bond acceptors (Lipinski definition) is 4. The number of carbonyl (C=O) groups excluding carboxylic acids is 1. The maximum absolute atomic E-state index is 11.9. The number of ether oxygens (including phenoxy) is 1. The van der Waals surface area contributed by atoms with E-state index in [9.17, 15) is 4.79 Å². The van der Waals surface area contributed by atoms with Crippen LogP contribution in [0.15, 0.2) is 30.5 Å². The van der Waals surface area contributed by atoms with Gasteiger partial charge in [-0.3, -0.25) is 4.79 Å². The van der Waals surface area contributed by atoms with Gasteiger partial charge in [0, 0.05) is 25.9 Å². The third kappa shape index (κ3) is 3.10. The normalized spacial score (nSPS) is 15.7. The zero-order chi connectivity index (χ0) is 16.6. The number of rotatable bonds is 3. The minimum Gasteiger partial charge on any atom is -0.491 e. The minimum absolute atomic E-state index is 0.00898. The first-order valence-corrected chi connectivity index (χ1v) is 7.70. The second-order valence-electron chi connectivity index (χ2n) is 5.80. The van der Waals surface area contributed by atoms with Crippen LogP contribution in [0.3, 0.4) is 0 Å². The third-order valence-electron chi connectivity index (χ3n) is 3.75. The molecule has 0 aliphatic carbocycles. The number of benzene rings is 1. The number of anilines is 1. The van der Waals surface area contributed by atoms with E-state index in [1.807, 2.05) is 19.1 Å². The molecule has 0 radical (unpaired) electrons. The van der Waals surface area contributed by atoms with Crippen LogP contribution in [-0.2, 0) is 0 Å². The lowest BCUT2D eigenvalue weighted by Crippen LogP contribution is -2.22. The standard InChI is InChI=1S/C17H18ClN3O2/c1-10-4-5-15-12(6-10)14(9-23-15)20-16-13(18)7-11(8-19-16)17(22)21(2)3/h4-8,14H,9H2,1-3H3,(H,19,20). The molecule has 1 amide bonds. The van der Waals surface area contributed by atoms with Gasteiger partial charge in [0.2, 0.25) is 0 Å². The zero-order valence-electron chi connectivity index (χ0n) is 13.3. The minimum atomic E-state index is -0.129. The summed E-state index contributed by atoms with van der Waals surface area (Å²) in [5, 5.41) is 3.71. The lowest BCUT2D eigenvalue weighted by Gasteiger charge is -2.15. The summed E-state index contributed by atoms with van der Waals surface area (Å²) in [6.07, 6.45) is 1.53. The first kappa shape index (κ1) is 15.6. The van der Waals surface area contributed by atoms with Gasteiger partial charge >= 0.3 is 0 Å². The molecule has 2 aromatic rings. The molecule has 1 unspecified atom stereocenters. The average Bonchev–Trinajstić information content (AvgIpc) is 2.90. The smallest absolute Gasteiger partial charge is 0.254 e. The van der Waals surface area contributed by atoms with E-state index < -0.39 is 0 Å². The van der Waals surface area contributed by atoms with Crippen molar-refractivity contribution in [2.75, 3.05) is 26.0 Å². The Labute approximate surface area is 140 Å². The molecule has 23 heavy (non-hydrogen) atoms. The van der Waals surface area contributed by atoms with Crippen LogP contribution in [0.4, 0.5) is 5.82 Å². The Morgan fingerprint density at radius 1 is 1.39 bits per heavy atom. The number of nitrogens with zero attached hydrogens (tertiary/aromatic N) is 2. The number of hydrogen-bond donors (Lipinski definition) is 1. The fourth-order valence-electron chi connectivity index (χ4n) is 2.54. The maximum atomic E-state index is 11.9. The first-order valence-electron chi connectivity index (χ1n) is 7.33. The molecule has 0 spiro atoms. The lowest BCUT2D eigenvalue weighted by atomic mass is 10.1. The largest absolute Gasteiger partial charge is 0.491 e. The van der Waals surface area contributed by atoms with Crippen LogP contribution in [-0.4, -0.2) is 36.5 Å². The molecule has 6 heteroatoms. The summed E-state index contributed by atoms with van der Waals surface area (Å²) in [4.78, 5) is 17.7. The van der Waals surface area contributed by atoms with Crippen LogP contribution < -0.4 is 10.1 Å². The van der Waals surface area contributed by atoms with Gasteiger partial charge in [-0.15, -0.1) is 0 Å². The van der Waals surface area contributed by atoms with E-state index in [2.05, 4.69) is 16.4 Å². The Hall–Kier alpha value is -2.27. The number of halogens is 1. The number of nitrogens with one attached hydrogen (secondary N) is 1. The Kier molecular flexibility index (Phi) is 4.13. The topological polar surface area (TPSA) is 54.5 Å². The molecular weight excluding hydrogens is 314 g/mol. The van der Waals surface area contributed by atoms with Crippen molar-refractivity contribution in [2.24, 2.45) is 0 Å². The fourth-order valence-corrected chi connectivity index (χ4v) is 2.76. The molecule has 120 valence electrons. The molecule has 1 aliphatic heterocycles. The van der Waals surface area contributed by atoms with E-state index >= 15 is 0 Å². The summed E-state index contributed by atoms with van der Waals surface area (Å²) in [6, 6.07) is 7.71. The summed E-state index contributed by atoms with van der Waals surface area (Å²) in [6.45, 7) is 2.57. The number of pyridine rings is 1. The molecule has 1 N–H and O–H groups in total. The van der Waals surface area contributed by atoms with Crippen molar-refractivity contribution in [1.82, 2.24) is 9.88 Å². The highest BCUT2D eigenvalue weighted by atomic mass is 35.5. The Balaban J connectivity index is 1.83. The molecule has 0 saturated carbocycles. The molecule has 1 aromatic carbocycles. The van der Waals surface area contributed by atoms with Crippen molar-refractivity contribution < 1.29 is 9.53 Å². The van der Waals surface area contributed by atoms with Gasteiger partial charge in [-0.1, -0.05) is 29.3 Å². The van der Waals surface area contributed by atoms with Gasteiger partial charge < -0.3 is 15.0 Å². The van der Waals surface area contributed by atoms with Crippen molar-refractivity contribution in [3.05, 3.63) is 52.2 Å². The molecule has 1 atom stereocenters. The molecule has 5 nitrogen and oxygen atoms in total. The van der Waals surface area contributed by atoms with Gasteiger partial charge in [0.1, 0.15) is 18.2 Å². The Morgan fingerprint density at radius 2 is 2.17 bits per heavy atom. The van der Waals surface area contributed by atoms with Gasteiger partial charge in [-0.25, -0.2) is 4.98 Å². The van der Waals surface area contributed by atoms with Gasteiger partial charge in [-0.2, -0.15) is 0 Å². The number of aromatic nitrogens is 1. The molecule has 0 saturated heterocycles. The van der Waals surface area contributed by atoms with Crippen LogP contribution in [0.5, 0.6) is 5.75 Å². The summed E-state index contributed by atoms with van der Waals surface area (Å²) in [5.41, 5.74) is 2.73. The monoisotopic (exact) mass is 331 g/mol. The molecule has 0 bridgehead atoms. The quantitative estimate of drug-likeness (QED) is 0.937. The SMILES string of the molecule is Cc1ccc2c(c1)C(Nc1ncc(C(=O)N(C)C)cc1Cl)CO2. The summed E-state index contributed by atoms with van der Waals surface area (Å²) < 4.78 is 5.68. The van der Waals surface area contributed by atoms with Crippen LogP contribution in [0, 0.1) is 6.92 Å². The highest BCUT2D eigenvalue weighted by molar-refractivity contribution is 6.33. The molecular formula is C17H18ClN3O2. The van der Waals surface area contributed by atoms with Gasteiger partial charge in [0.05, 0.1) is 16.6 Å². The van der Waals surface area contributed by atoms with Crippen LogP contribution in [0.25, 0.3) is 0 Å². The highest BCUT2D eigenvalue weighted by Gasteiger charge is 2.25. The van der Waals surface area contributed by atoms with Crippen molar-refractivity contribution >= 4 is 23.3 Å². The maximum Gasteiger partial charge on any atom is 0.254 e. The van der Waals surface area contributed by atoms with Crippen molar-refractivity contribution in [1.29, 1.82) is 0 Å². The van der Waals surface area contributed by atoms with Crippen molar-refractivity contribution in [3.8, 4) is 5.75 Å². The van der Waals surface area contributed by atoms with E-state index in [-0.39, 0.29) is 11.9 Å². The summed E-state index contributed by atoms with van der Waals surface area (Å²) >= 11 is 6.28.